The van der Waals surface area contributed by atoms with Crippen LogP contribution in [-0.2, 0) is 32.6 Å². The highest BCUT2D eigenvalue weighted by molar-refractivity contribution is 7.92. The first-order valence-corrected chi connectivity index (χ1v) is 16.7. The average molecular weight is 624 g/mol. The molecule has 11 heteroatoms. The Labute approximate surface area is 260 Å². The molecule has 3 aromatic rings. The van der Waals surface area contributed by atoms with Crippen LogP contribution in [0.3, 0.4) is 0 Å². The first kappa shape index (κ1) is 32.7. The molecule has 0 radical (unpaired) electrons. The van der Waals surface area contributed by atoms with Gasteiger partial charge in [-0.2, -0.15) is 0 Å². The van der Waals surface area contributed by atoms with E-state index in [1.165, 1.54) is 4.31 Å². The Balaban J connectivity index is 1.58. The van der Waals surface area contributed by atoms with Gasteiger partial charge >= 0.3 is 0 Å². The van der Waals surface area contributed by atoms with E-state index in [0.29, 0.717) is 35.9 Å². The maximum absolute atomic E-state index is 14.0. The van der Waals surface area contributed by atoms with E-state index in [0.717, 1.165) is 30.2 Å². The lowest BCUT2D eigenvalue weighted by molar-refractivity contribution is -0.141. The summed E-state index contributed by atoms with van der Waals surface area (Å²) >= 11 is 0. The van der Waals surface area contributed by atoms with Crippen molar-refractivity contribution < 1.29 is 32.2 Å². The lowest BCUT2D eigenvalue weighted by Crippen LogP contribution is -2.50. The third kappa shape index (κ3) is 8.89. The fourth-order valence-corrected chi connectivity index (χ4v) is 6.03. The Morgan fingerprint density at radius 3 is 2.43 bits per heavy atom. The fourth-order valence-electron chi connectivity index (χ4n) is 5.07. The molecule has 0 fully saturated rings. The van der Waals surface area contributed by atoms with E-state index in [4.69, 9.17) is 14.2 Å². The predicted molar refractivity (Wildman–Crippen MR) is 169 cm³/mol. The van der Waals surface area contributed by atoms with E-state index < -0.39 is 16.1 Å². The molecule has 10 nitrogen and oxygen atoms in total. The largest absolute Gasteiger partial charge is 0.497 e. The van der Waals surface area contributed by atoms with Crippen LogP contribution in [0.2, 0.25) is 0 Å². The number of nitrogens with one attached hydrogen (secondary N) is 1. The third-order valence-electron chi connectivity index (χ3n) is 7.38. The maximum atomic E-state index is 14.0. The number of rotatable bonds is 16. The van der Waals surface area contributed by atoms with Gasteiger partial charge in [0.05, 0.1) is 19.1 Å². The monoisotopic (exact) mass is 623 g/mol. The van der Waals surface area contributed by atoms with Crippen molar-refractivity contribution in [2.75, 3.05) is 37.6 Å². The Kier molecular flexibility index (Phi) is 11.5. The molecule has 0 saturated carbocycles. The molecule has 0 saturated heterocycles. The summed E-state index contributed by atoms with van der Waals surface area (Å²) in [7, 11) is -2.08. The fraction of sp³-hybridized carbons (Fsp3) is 0.394. The summed E-state index contributed by atoms with van der Waals surface area (Å²) in [6.45, 7) is 2.90. The minimum Gasteiger partial charge on any atom is -0.497 e. The van der Waals surface area contributed by atoms with Crippen LogP contribution >= 0.6 is 0 Å². The number of ether oxygens (including phenoxy) is 3. The molecule has 1 heterocycles. The van der Waals surface area contributed by atoms with Gasteiger partial charge in [-0.3, -0.25) is 13.9 Å². The smallest absolute Gasteiger partial charge is 0.243 e. The van der Waals surface area contributed by atoms with Crippen LogP contribution in [0.4, 0.5) is 5.69 Å². The summed E-state index contributed by atoms with van der Waals surface area (Å²) in [5.74, 6) is 1.19. The number of anilines is 1. The molecule has 1 N–H and O–H groups in total. The van der Waals surface area contributed by atoms with Crippen molar-refractivity contribution in [2.24, 2.45) is 0 Å². The first-order chi connectivity index (χ1) is 21.2. The zero-order valence-electron chi connectivity index (χ0n) is 25.5. The van der Waals surface area contributed by atoms with Crippen molar-refractivity contribution in [3.63, 3.8) is 0 Å². The van der Waals surface area contributed by atoms with Crippen LogP contribution in [0.25, 0.3) is 0 Å². The van der Waals surface area contributed by atoms with Gasteiger partial charge in [-0.1, -0.05) is 55.8 Å². The van der Waals surface area contributed by atoms with Gasteiger partial charge < -0.3 is 24.4 Å². The van der Waals surface area contributed by atoms with E-state index in [-0.39, 0.29) is 44.5 Å². The van der Waals surface area contributed by atoms with Crippen LogP contribution < -0.4 is 23.8 Å². The molecule has 1 aliphatic heterocycles. The van der Waals surface area contributed by atoms with Gasteiger partial charge in [-0.15, -0.1) is 0 Å². The van der Waals surface area contributed by atoms with Crippen LogP contribution in [0, 0.1) is 0 Å². The van der Waals surface area contributed by atoms with E-state index in [1.54, 1.807) is 30.2 Å². The minimum absolute atomic E-state index is 0.0358. The molecule has 236 valence electrons. The lowest BCUT2D eigenvalue weighted by atomic mass is 10.0. The van der Waals surface area contributed by atoms with Gasteiger partial charge in [0.1, 0.15) is 11.8 Å². The summed E-state index contributed by atoms with van der Waals surface area (Å²) in [5.41, 5.74) is 2.17. The molecule has 2 amide bonds. The second-order valence-electron chi connectivity index (χ2n) is 10.7. The van der Waals surface area contributed by atoms with Crippen molar-refractivity contribution in [3.8, 4) is 17.2 Å². The van der Waals surface area contributed by atoms with E-state index in [1.807, 2.05) is 54.6 Å². The Morgan fingerprint density at radius 2 is 1.70 bits per heavy atom. The number of hydrogen-bond donors (Lipinski definition) is 1. The number of carbonyl (C=O) groups is 2. The molecule has 0 spiro atoms. The highest BCUT2D eigenvalue weighted by atomic mass is 32.2. The molecule has 44 heavy (non-hydrogen) atoms. The molecule has 1 aliphatic rings. The molecule has 4 rings (SSSR count). The van der Waals surface area contributed by atoms with Gasteiger partial charge in [0.15, 0.2) is 11.5 Å². The number of benzene rings is 3. The first-order valence-electron chi connectivity index (χ1n) is 14.8. The molecular formula is C33H41N3O7S. The highest BCUT2D eigenvalue weighted by Gasteiger charge is 2.31. The normalized spacial score (nSPS) is 12.8. The second-order valence-corrected chi connectivity index (χ2v) is 12.6. The quantitative estimate of drug-likeness (QED) is 0.233. The van der Waals surface area contributed by atoms with Gasteiger partial charge in [0, 0.05) is 38.5 Å². The van der Waals surface area contributed by atoms with Crippen LogP contribution in [0.1, 0.15) is 43.7 Å². The molecular weight excluding hydrogens is 582 g/mol. The minimum atomic E-state index is -3.66. The number of nitrogens with zero attached hydrogens (tertiary/aromatic N) is 2. The number of hydrogen-bond acceptors (Lipinski definition) is 7. The summed E-state index contributed by atoms with van der Waals surface area (Å²) in [5, 5.41) is 3.02. The molecule has 3 aromatic carbocycles. The van der Waals surface area contributed by atoms with E-state index in [9.17, 15) is 18.0 Å². The predicted octanol–water partition coefficient (Wildman–Crippen LogP) is 4.53. The Hall–Kier alpha value is -4.25. The highest BCUT2D eigenvalue weighted by Crippen LogP contribution is 2.36. The third-order valence-corrected chi connectivity index (χ3v) is 8.58. The van der Waals surface area contributed by atoms with Crippen molar-refractivity contribution >= 4 is 27.5 Å². The van der Waals surface area contributed by atoms with Crippen molar-refractivity contribution in [3.05, 3.63) is 83.9 Å². The summed E-state index contributed by atoms with van der Waals surface area (Å²) in [4.78, 5) is 29.2. The van der Waals surface area contributed by atoms with Crippen LogP contribution in [-0.4, -0.2) is 64.4 Å². The maximum Gasteiger partial charge on any atom is 0.243 e. The summed E-state index contributed by atoms with van der Waals surface area (Å²) in [6, 6.07) is 21.2. The van der Waals surface area contributed by atoms with Crippen LogP contribution in [0.5, 0.6) is 17.2 Å². The number of fused-ring (bicyclic) bond motifs is 1. The number of sulfonamides is 1. The Morgan fingerprint density at radius 1 is 0.955 bits per heavy atom. The molecule has 0 bridgehead atoms. The standard InChI is InChI=1S/C33H41N3O7S/c1-4-5-18-34-33(38)29(21-25-11-7-6-8-12-25)35(23-26-13-9-14-28(20-26)41-2)32(37)15-10-19-36(44(3,39)40)27-16-17-30-31(22-27)43-24-42-30/h6-9,11-14,16-17,20,22,29H,4-5,10,15,18-19,21,23-24H2,1-3H3,(H,34,38)/t29-/m1/s1. The van der Waals surface area contributed by atoms with Crippen molar-refractivity contribution in [1.29, 1.82) is 0 Å². The van der Waals surface area contributed by atoms with Crippen molar-refractivity contribution in [2.45, 2.75) is 51.6 Å². The van der Waals surface area contributed by atoms with Gasteiger partial charge in [0.25, 0.3) is 0 Å². The molecule has 0 aromatic heterocycles. The molecule has 0 aliphatic carbocycles. The summed E-state index contributed by atoms with van der Waals surface area (Å²) < 4.78 is 43.0. The average Bonchev–Trinajstić information content (AvgIpc) is 3.49. The lowest BCUT2D eigenvalue weighted by Gasteiger charge is -2.32. The number of amides is 2. The van der Waals surface area contributed by atoms with Gasteiger partial charge in [0.2, 0.25) is 28.6 Å². The SMILES string of the molecule is CCCCNC(=O)[C@@H](Cc1ccccc1)N(Cc1cccc(OC)c1)C(=O)CCCN(c1ccc2c(c1)OCO2)S(C)(=O)=O. The number of methoxy groups -OCH3 is 1. The number of carbonyl (C=O) groups excluding carboxylic acids is 2. The van der Waals surface area contributed by atoms with E-state index >= 15 is 0 Å². The van der Waals surface area contributed by atoms with Crippen LogP contribution in [0.15, 0.2) is 72.8 Å². The molecule has 0 unspecified atom stereocenters. The number of unbranched alkanes of at least 4 members (excludes halogenated alkanes) is 1. The topological polar surface area (TPSA) is 114 Å². The zero-order chi connectivity index (χ0) is 31.5. The zero-order valence-corrected chi connectivity index (χ0v) is 26.3. The van der Waals surface area contributed by atoms with E-state index in [2.05, 4.69) is 12.2 Å². The Bertz CT molecular complexity index is 1510. The second kappa shape index (κ2) is 15.5. The van der Waals surface area contributed by atoms with Crippen molar-refractivity contribution in [1.82, 2.24) is 10.2 Å². The van der Waals surface area contributed by atoms with Gasteiger partial charge in [-0.05, 0) is 48.2 Å². The van der Waals surface area contributed by atoms with Gasteiger partial charge in [-0.25, -0.2) is 8.42 Å². The molecule has 1 atom stereocenters. The summed E-state index contributed by atoms with van der Waals surface area (Å²) in [6.07, 6.45) is 3.50.